The van der Waals surface area contributed by atoms with Gasteiger partial charge in [-0.2, -0.15) is 0 Å². The number of methoxy groups -OCH3 is 2. The van der Waals surface area contributed by atoms with Crippen LogP contribution in [0.15, 0.2) is 29.8 Å². The maximum Gasteiger partial charge on any atom is 0.247 e. The van der Waals surface area contributed by atoms with E-state index in [1.54, 1.807) is 14.2 Å². The van der Waals surface area contributed by atoms with Crippen molar-refractivity contribution in [2.45, 2.75) is 78.8 Å². The van der Waals surface area contributed by atoms with E-state index in [0.717, 1.165) is 45.0 Å². The predicted molar refractivity (Wildman–Crippen MR) is 142 cm³/mol. The summed E-state index contributed by atoms with van der Waals surface area (Å²) in [6.07, 6.45) is 8.35. The van der Waals surface area contributed by atoms with Crippen LogP contribution in [0.25, 0.3) is 17.2 Å². The quantitative estimate of drug-likeness (QED) is 0.429. The number of rotatable bonds is 8. The van der Waals surface area contributed by atoms with E-state index >= 15 is 0 Å². The molecule has 0 aliphatic heterocycles. The van der Waals surface area contributed by atoms with E-state index in [4.69, 9.17) is 9.47 Å². The highest BCUT2D eigenvalue weighted by Gasteiger charge is 2.22. The molecule has 0 aromatic heterocycles. The summed E-state index contributed by atoms with van der Waals surface area (Å²) in [5.74, 6) is 1.47. The van der Waals surface area contributed by atoms with E-state index in [9.17, 15) is 4.79 Å². The van der Waals surface area contributed by atoms with Crippen LogP contribution >= 0.6 is 0 Å². The summed E-state index contributed by atoms with van der Waals surface area (Å²) in [5.41, 5.74) is 6.68. The summed E-state index contributed by atoms with van der Waals surface area (Å²) in [7, 11) is 3.37. The number of benzene rings is 2. The number of carbonyl (C=O) groups excluding carboxylic acids is 1. The molecule has 1 amide bonds. The molecule has 0 atom stereocenters. The van der Waals surface area contributed by atoms with Crippen molar-refractivity contribution >= 4 is 17.7 Å². The third kappa shape index (κ3) is 5.75. The van der Waals surface area contributed by atoms with Crippen LogP contribution in [0.5, 0.6) is 11.5 Å². The Hall–Kier alpha value is -2.95. The zero-order valence-electron chi connectivity index (χ0n) is 21.8. The summed E-state index contributed by atoms with van der Waals surface area (Å²) in [6.45, 7) is 9.79. The number of anilines is 1. The largest absolute Gasteiger partial charge is 0.496 e. The lowest BCUT2D eigenvalue weighted by molar-refractivity contribution is -0.117. The Morgan fingerprint density at radius 3 is 2.15 bits per heavy atom. The van der Waals surface area contributed by atoms with Crippen LogP contribution in [-0.2, 0) is 4.79 Å². The zero-order chi connectivity index (χ0) is 24.8. The molecule has 1 saturated carbocycles. The van der Waals surface area contributed by atoms with Crippen LogP contribution in [-0.4, -0.2) is 32.2 Å². The second-order valence-corrected chi connectivity index (χ2v) is 9.62. The third-order valence-corrected chi connectivity index (χ3v) is 6.63. The first-order valence-corrected chi connectivity index (χ1v) is 12.4. The summed E-state index contributed by atoms with van der Waals surface area (Å²) < 4.78 is 11.8. The van der Waals surface area contributed by atoms with Crippen LogP contribution in [0.1, 0.15) is 69.6 Å². The highest BCUT2D eigenvalue weighted by Crippen LogP contribution is 2.45. The van der Waals surface area contributed by atoms with Gasteiger partial charge in [-0.05, 0) is 71.2 Å². The van der Waals surface area contributed by atoms with Gasteiger partial charge in [-0.25, -0.2) is 0 Å². The molecular formula is C29H40N2O3. The van der Waals surface area contributed by atoms with Gasteiger partial charge < -0.3 is 20.1 Å². The molecule has 0 spiro atoms. The summed E-state index contributed by atoms with van der Waals surface area (Å²) in [6, 6.07) is 9.24. The van der Waals surface area contributed by atoms with Crippen molar-refractivity contribution in [3.8, 4) is 22.6 Å². The van der Waals surface area contributed by atoms with E-state index < -0.39 is 0 Å². The molecule has 3 rings (SSSR count). The van der Waals surface area contributed by atoms with E-state index in [-0.39, 0.29) is 11.9 Å². The van der Waals surface area contributed by atoms with Crippen LogP contribution in [0.4, 0.5) is 5.69 Å². The van der Waals surface area contributed by atoms with Gasteiger partial charge in [0.2, 0.25) is 5.91 Å². The number of carbonyl (C=O) groups is 1. The van der Waals surface area contributed by atoms with E-state index in [0.29, 0.717) is 11.6 Å². The molecule has 0 unspecified atom stereocenters. The lowest BCUT2D eigenvalue weighted by Crippen LogP contribution is -2.30. The molecule has 5 heteroatoms. The van der Waals surface area contributed by atoms with Crippen LogP contribution < -0.4 is 20.1 Å². The van der Waals surface area contributed by atoms with Crippen molar-refractivity contribution in [1.29, 1.82) is 0 Å². The van der Waals surface area contributed by atoms with Crippen molar-refractivity contribution in [3.05, 3.63) is 46.5 Å². The summed E-state index contributed by atoms with van der Waals surface area (Å²) in [5, 5.41) is 6.64. The lowest BCUT2D eigenvalue weighted by atomic mass is 9.91. The van der Waals surface area contributed by atoms with Crippen molar-refractivity contribution in [3.63, 3.8) is 0 Å². The van der Waals surface area contributed by atoms with Gasteiger partial charge in [-0.3, -0.25) is 4.79 Å². The minimum atomic E-state index is -0.0850. The molecule has 0 radical (unpaired) electrons. The first kappa shape index (κ1) is 25.7. The molecule has 5 nitrogen and oxygen atoms in total. The van der Waals surface area contributed by atoms with Gasteiger partial charge in [0.1, 0.15) is 11.5 Å². The number of amides is 1. The molecule has 1 aliphatic carbocycles. The lowest BCUT2D eigenvalue weighted by Gasteiger charge is -2.24. The Bertz CT molecular complexity index is 1030. The fraction of sp³-hybridized carbons (Fsp3) is 0.483. The molecule has 0 saturated heterocycles. The molecule has 2 N–H and O–H groups in total. The van der Waals surface area contributed by atoms with Crippen LogP contribution in [0.2, 0.25) is 0 Å². The first-order valence-electron chi connectivity index (χ1n) is 12.4. The Morgan fingerprint density at radius 2 is 1.59 bits per heavy atom. The normalized spacial score (nSPS) is 14.8. The zero-order valence-corrected chi connectivity index (χ0v) is 21.8. The second-order valence-electron chi connectivity index (χ2n) is 9.62. The van der Waals surface area contributed by atoms with Crippen LogP contribution in [0, 0.1) is 13.8 Å². The third-order valence-electron chi connectivity index (χ3n) is 6.63. The van der Waals surface area contributed by atoms with E-state index in [2.05, 4.69) is 34.9 Å². The maximum atomic E-state index is 12.5. The Kier molecular flexibility index (Phi) is 8.65. The number of hydrogen-bond donors (Lipinski definition) is 2. The Balaban J connectivity index is 2.00. The van der Waals surface area contributed by atoms with Gasteiger partial charge in [0.15, 0.2) is 0 Å². The van der Waals surface area contributed by atoms with Crippen LogP contribution in [0.3, 0.4) is 0 Å². The van der Waals surface area contributed by atoms with Gasteiger partial charge in [0, 0.05) is 45.6 Å². The number of nitrogens with one attached hydrogen (secondary N) is 2. The maximum absolute atomic E-state index is 12.5. The van der Waals surface area contributed by atoms with Gasteiger partial charge in [0.25, 0.3) is 0 Å². The van der Waals surface area contributed by atoms with Crippen molar-refractivity contribution in [2.75, 3.05) is 19.5 Å². The Morgan fingerprint density at radius 1 is 0.971 bits per heavy atom. The van der Waals surface area contributed by atoms with Crippen molar-refractivity contribution in [1.82, 2.24) is 5.32 Å². The highest BCUT2D eigenvalue weighted by molar-refractivity contribution is 5.98. The summed E-state index contributed by atoms with van der Waals surface area (Å²) >= 11 is 0. The molecule has 2 aromatic carbocycles. The van der Waals surface area contributed by atoms with Gasteiger partial charge in [0.05, 0.1) is 14.2 Å². The fourth-order valence-electron chi connectivity index (χ4n) is 4.88. The average molecular weight is 465 g/mol. The molecule has 0 heterocycles. The summed E-state index contributed by atoms with van der Waals surface area (Å²) in [4.78, 5) is 12.5. The van der Waals surface area contributed by atoms with Gasteiger partial charge in [-0.15, -0.1) is 0 Å². The Labute approximate surface area is 204 Å². The number of hydrogen-bond acceptors (Lipinski definition) is 4. The van der Waals surface area contributed by atoms with Crippen molar-refractivity contribution < 1.29 is 14.3 Å². The van der Waals surface area contributed by atoms with Crippen molar-refractivity contribution in [2.24, 2.45) is 0 Å². The molecule has 1 aliphatic rings. The monoisotopic (exact) mass is 464 g/mol. The SMILES string of the molecule is COc1c(C)c(-c2ccc(NC3CCCCC3)cc2)c(OC)c(C)c1/C=C(\C)C(=O)NC(C)C. The molecule has 1 fully saturated rings. The fourth-order valence-corrected chi connectivity index (χ4v) is 4.88. The van der Waals surface area contributed by atoms with E-state index in [1.165, 1.54) is 32.1 Å². The molecular weight excluding hydrogens is 424 g/mol. The second kappa shape index (κ2) is 11.5. The highest BCUT2D eigenvalue weighted by atomic mass is 16.5. The minimum absolute atomic E-state index is 0.0769. The predicted octanol–water partition coefficient (Wildman–Crippen LogP) is 6.66. The smallest absolute Gasteiger partial charge is 0.247 e. The molecule has 184 valence electrons. The minimum Gasteiger partial charge on any atom is -0.496 e. The van der Waals surface area contributed by atoms with E-state index in [1.807, 2.05) is 40.7 Å². The standard InChI is InChI=1S/C29H40N2O3/c1-18(2)30-29(32)19(3)17-25-20(4)28(34-7)26(21(5)27(25)33-6)22-13-15-24(16-14-22)31-23-11-9-8-10-12-23/h13-18,23,31H,8-12H2,1-7H3,(H,30,32)/b19-17+. The van der Waals surface area contributed by atoms with Gasteiger partial charge >= 0.3 is 0 Å². The number of ether oxygens (including phenoxy) is 2. The molecule has 0 bridgehead atoms. The average Bonchev–Trinajstić information content (AvgIpc) is 2.82. The first-order chi connectivity index (χ1) is 16.3. The van der Waals surface area contributed by atoms with Gasteiger partial charge in [-0.1, -0.05) is 31.4 Å². The topological polar surface area (TPSA) is 59.6 Å². The molecule has 2 aromatic rings. The molecule has 34 heavy (non-hydrogen) atoms.